The zero-order chi connectivity index (χ0) is 11.4. The molecular weight excluding hydrogens is 200 g/mol. The van der Waals surface area contributed by atoms with Crippen molar-refractivity contribution >= 4 is 5.91 Å². The standard InChI is InChI=1S/C13H24N2O/c1-2-12-5-3-4-8-15(12)13(16)10-14-9-11-6-7-11/h11-12,14H,2-10H2,1H3. The lowest BCUT2D eigenvalue weighted by atomic mass is 10.00. The van der Waals surface area contributed by atoms with Crippen molar-refractivity contribution in [3.63, 3.8) is 0 Å². The summed E-state index contributed by atoms with van der Waals surface area (Å²) in [5.74, 6) is 1.17. The fourth-order valence-corrected chi connectivity index (χ4v) is 2.56. The van der Waals surface area contributed by atoms with Crippen LogP contribution in [0.3, 0.4) is 0 Å². The minimum Gasteiger partial charge on any atom is -0.339 e. The van der Waals surface area contributed by atoms with Crippen LogP contribution in [0.2, 0.25) is 0 Å². The first kappa shape index (κ1) is 11.9. The second-order valence-corrected chi connectivity index (χ2v) is 5.22. The number of likely N-dealkylation sites (tertiary alicyclic amines) is 1. The Morgan fingerprint density at radius 2 is 2.12 bits per heavy atom. The van der Waals surface area contributed by atoms with Gasteiger partial charge in [-0.1, -0.05) is 6.92 Å². The van der Waals surface area contributed by atoms with Crippen LogP contribution in [0.5, 0.6) is 0 Å². The third kappa shape index (κ3) is 3.21. The van der Waals surface area contributed by atoms with Gasteiger partial charge in [0.15, 0.2) is 0 Å². The highest BCUT2D eigenvalue weighted by Gasteiger charge is 2.25. The zero-order valence-electron chi connectivity index (χ0n) is 10.4. The van der Waals surface area contributed by atoms with Crippen molar-refractivity contribution in [2.45, 2.75) is 51.5 Å². The van der Waals surface area contributed by atoms with E-state index in [1.54, 1.807) is 0 Å². The molecule has 92 valence electrons. The Balaban J connectivity index is 1.72. The van der Waals surface area contributed by atoms with Crippen molar-refractivity contribution in [2.24, 2.45) is 5.92 Å². The average Bonchev–Trinajstić information content (AvgIpc) is 3.13. The maximum atomic E-state index is 12.0. The highest BCUT2D eigenvalue weighted by molar-refractivity contribution is 5.78. The molecule has 0 radical (unpaired) electrons. The average molecular weight is 224 g/mol. The molecule has 0 spiro atoms. The minimum absolute atomic E-state index is 0.312. The molecule has 3 heteroatoms. The molecule has 1 amide bonds. The molecule has 1 aliphatic carbocycles. The minimum atomic E-state index is 0.312. The number of carbonyl (C=O) groups excluding carboxylic acids is 1. The van der Waals surface area contributed by atoms with Gasteiger partial charge in [0.1, 0.15) is 0 Å². The number of amides is 1. The van der Waals surface area contributed by atoms with Gasteiger partial charge in [-0.2, -0.15) is 0 Å². The van der Waals surface area contributed by atoms with Gasteiger partial charge < -0.3 is 10.2 Å². The van der Waals surface area contributed by atoms with Crippen molar-refractivity contribution in [3.05, 3.63) is 0 Å². The number of carbonyl (C=O) groups is 1. The Labute approximate surface area is 98.6 Å². The summed E-state index contributed by atoms with van der Waals surface area (Å²) in [7, 11) is 0. The molecule has 1 aliphatic heterocycles. The lowest BCUT2D eigenvalue weighted by Gasteiger charge is -2.35. The van der Waals surface area contributed by atoms with Gasteiger partial charge >= 0.3 is 0 Å². The lowest BCUT2D eigenvalue weighted by Crippen LogP contribution is -2.47. The van der Waals surface area contributed by atoms with Gasteiger partial charge in [-0.05, 0) is 51.0 Å². The SMILES string of the molecule is CCC1CCCCN1C(=O)CNCC1CC1. The van der Waals surface area contributed by atoms with Crippen LogP contribution in [0.15, 0.2) is 0 Å². The van der Waals surface area contributed by atoms with E-state index in [0.717, 1.165) is 25.4 Å². The van der Waals surface area contributed by atoms with Crippen molar-refractivity contribution in [2.75, 3.05) is 19.6 Å². The summed E-state index contributed by atoms with van der Waals surface area (Å²) in [6.07, 6.45) is 7.48. The Hall–Kier alpha value is -0.570. The molecule has 0 aromatic carbocycles. The van der Waals surface area contributed by atoms with Gasteiger partial charge in [0.05, 0.1) is 6.54 Å². The quantitative estimate of drug-likeness (QED) is 0.772. The highest BCUT2D eigenvalue weighted by atomic mass is 16.2. The van der Waals surface area contributed by atoms with Crippen molar-refractivity contribution in [1.29, 1.82) is 0 Å². The third-order valence-corrected chi connectivity index (χ3v) is 3.82. The Kier molecular flexibility index (Phi) is 4.22. The van der Waals surface area contributed by atoms with Crippen LogP contribution in [0.25, 0.3) is 0 Å². The normalized spacial score (nSPS) is 25.8. The van der Waals surface area contributed by atoms with Crippen molar-refractivity contribution < 1.29 is 4.79 Å². The van der Waals surface area contributed by atoms with E-state index in [-0.39, 0.29) is 0 Å². The van der Waals surface area contributed by atoms with Gasteiger partial charge in [-0.3, -0.25) is 4.79 Å². The summed E-state index contributed by atoms with van der Waals surface area (Å²) in [6, 6.07) is 0.504. The van der Waals surface area contributed by atoms with Crippen LogP contribution in [-0.4, -0.2) is 36.5 Å². The third-order valence-electron chi connectivity index (χ3n) is 3.82. The van der Waals surface area contributed by atoms with E-state index in [9.17, 15) is 4.79 Å². The molecule has 2 aliphatic rings. The van der Waals surface area contributed by atoms with Gasteiger partial charge in [-0.25, -0.2) is 0 Å². The second kappa shape index (κ2) is 5.67. The molecule has 1 N–H and O–H groups in total. The number of hydrogen-bond donors (Lipinski definition) is 1. The molecule has 1 unspecified atom stereocenters. The fraction of sp³-hybridized carbons (Fsp3) is 0.923. The molecule has 16 heavy (non-hydrogen) atoms. The Morgan fingerprint density at radius 1 is 1.31 bits per heavy atom. The Bertz CT molecular complexity index is 238. The number of nitrogens with zero attached hydrogens (tertiary/aromatic N) is 1. The van der Waals surface area contributed by atoms with Crippen LogP contribution in [0, 0.1) is 5.92 Å². The second-order valence-electron chi connectivity index (χ2n) is 5.22. The van der Waals surface area contributed by atoms with Gasteiger partial charge in [0.25, 0.3) is 0 Å². The maximum absolute atomic E-state index is 12.0. The monoisotopic (exact) mass is 224 g/mol. The fourth-order valence-electron chi connectivity index (χ4n) is 2.56. The molecule has 1 heterocycles. The first-order valence-electron chi connectivity index (χ1n) is 6.81. The topological polar surface area (TPSA) is 32.3 Å². The van der Waals surface area contributed by atoms with Gasteiger partial charge in [0, 0.05) is 12.6 Å². The summed E-state index contributed by atoms with van der Waals surface area (Å²) >= 11 is 0. The largest absolute Gasteiger partial charge is 0.339 e. The predicted octanol–water partition coefficient (Wildman–Crippen LogP) is 1.78. The van der Waals surface area contributed by atoms with E-state index in [1.165, 1.54) is 32.1 Å². The summed E-state index contributed by atoms with van der Waals surface area (Å²) in [5.41, 5.74) is 0. The molecule has 0 bridgehead atoms. The number of hydrogen-bond acceptors (Lipinski definition) is 2. The molecule has 0 aromatic heterocycles. The molecule has 2 fully saturated rings. The molecule has 1 saturated carbocycles. The molecule has 0 aromatic rings. The molecule has 2 rings (SSSR count). The number of piperidine rings is 1. The molecular formula is C13H24N2O. The predicted molar refractivity (Wildman–Crippen MR) is 65.2 cm³/mol. The van der Waals surface area contributed by atoms with Crippen LogP contribution in [0.1, 0.15) is 45.4 Å². The van der Waals surface area contributed by atoms with E-state index in [4.69, 9.17) is 0 Å². The summed E-state index contributed by atoms with van der Waals surface area (Å²) in [6.45, 7) is 4.75. The van der Waals surface area contributed by atoms with E-state index < -0.39 is 0 Å². The number of rotatable bonds is 5. The van der Waals surface area contributed by atoms with Gasteiger partial charge in [0.2, 0.25) is 5.91 Å². The summed E-state index contributed by atoms with van der Waals surface area (Å²) in [4.78, 5) is 14.1. The van der Waals surface area contributed by atoms with E-state index in [2.05, 4.69) is 17.1 Å². The van der Waals surface area contributed by atoms with Crippen LogP contribution in [0.4, 0.5) is 0 Å². The first-order chi connectivity index (χ1) is 7.81. The highest BCUT2D eigenvalue weighted by Crippen LogP contribution is 2.27. The van der Waals surface area contributed by atoms with Crippen LogP contribution >= 0.6 is 0 Å². The van der Waals surface area contributed by atoms with E-state index >= 15 is 0 Å². The van der Waals surface area contributed by atoms with E-state index in [0.29, 0.717) is 18.5 Å². The van der Waals surface area contributed by atoms with Crippen LogP contribution in [-0.2, 0) is 4.79 Å². The van der Waals surface area contributed by atoms with E-state index in [1.807, 2.05) is 0 Å². The maximum Gasteiger partial charge on any atom is 0.236 e. The van der Waals surface area contributed by atoms with Crippen LogP contribution < -0.4 is 5.32 Å². The van der Waals surface area contributed by atoms with Crippen molar-refractivity contribution in [3.8, 4) is 0 Å². The zero-order valence-corrected chi connectivity index (χ0v) is 10.4. The number of nitrogens with one attached hydrogen (secondary N) is 1. The molecule has 1 atom stereocenters. The lowest BCUT2D eigenvalue weighted by molar-refractivity contribution is -0.133. The van der Waals surface area contributed by atoms with Crippen molar-refractivity contribution in [1.82, 2.24) is 10.2 Å². The smallest absolute Gasteiger partial charge is 0.236 e. The summed E-state index contributed by atoms with van der Waals surface area (Å²) < 4.78 is 0. The van der Waals surface area contributed by atoms with Gasteiger partial charge in [-0.15, -0.1) is 0 Å². The molecule has 3 nitrogen and oxygen atoms in total. The molecule has 1 saturated heterocycles. The Morgan fingerprint density at radius 3 is 2.81 bits per heavy atom. The summed E-state index contributed by atoms with van der Waals surface area (Å²) in [5, 5.41) is 3.30. The first-order valence-corrected chi connectivity index (χ1v) is 6.81.